The first-order valence-electron chi connectivity index (χ1n) is 5.68. The first-order chi connectivity index (χ1) is 8.70. The number of sulfone groups is 1. The van der Waals surface area contributed by atoms with Crippen LogP contribution < -0.4 is 4.72 Å². The minimum atomic E-state index is -3.71. The Bertz CT molecular complexity index is 697. The summed E-state index contributed by atoms with van der Waals surface area (Å²) in [6.07, 6.45) is 0.136. The molecule has 1 heterocycles. The molecule has 1 aromatic rings. The van der Waals surface area contributed by atoms with Gasteiger partial charge in [0.2, 0.25) is 10.0 Å². The second-order valence-corrected chi connectivity index (χ2v) is 9.26. The molecule has 0 amide bonds. The van der Waals surface area contributed by atoms with Crippen molar-refractivity contribution >= 4 is 37.1 Å². The Morgan fingerprint density at radius 3 is 2.63 bits per heavy atom. The third kappa shape index (κ3) is 3.40. The molecule has 2 rings (SSSR count). The highest BCUT2D eigenvalue weighted by molar-refractivity contribution is 7.97. The van der Waals surface area contributed by atoms with Crippen LogP contribution in [0, 0.1) is 6.92 Å². The summed E-state index contributed by atoms with van der Waals surface area (Å²) < 4.78 is 49.4. The summed E-state index contributed by atoms with van der Waals surface area (Å²) in [5.41, 5.74) is 1.12. The molecule has 1 atom stereocenters. The quantitative estimate of drug-likeness (QED) is 0.915. The molecule has 1 aromatic carbocycles. The number of hydrogen-bond donors (Lipinski definition) is 1. The lowest BCUT2D eigenvalue weighted by Gasteiger charge is -2.14. The lowest BCUT2D eigenvalue weighted by atomic mass is 10.2. The van der Waals surface area contributed by atoms with E-state index in [-0.39, 0.29) is 17.9 Å². The summed E-state index contributed by atoms with van der Waals surface area (Å²) in [6.45, 7) is 1.75. The van der Waals surface area contributed by atoms with Crippen molar-refractivity contribution < 1.29 is 16.8 Å². The molecule has 0 saturated carbocycles. The molecular formula is C11H14ClNO4S2. The minimum Gasteiger partial charge on any atom is -0.283 e. The second-order valence-electron chi connectivity index (χ2n) is 4.63. The fraction of sp³-hybridized carbons (Fsp3) is 0.455. The molecule has 19 heavy (non-hydrogen) atoms. The highest BCUT2D eigenvalue weighted by Gasteiger charge is 2.37. The molecular weight excluding hydrogens is 310 g/mol. The van der Waals surface area contributed by atoms with Crippen LogP contribution >= 0.6 is 11.6 Å². The summed E-state index contributed by atoms with van der Waals surface area (Å²) in [7, 11) is -6.95. The van der Waals surface area contributed by atoms with E-state index in [1.165, 1.54) is 6.07 Å². The van der Waals surface area contributed by atoms with Gasteiger partial charge in [-0.2, -0.15) is 0 Å². The normalized spacial score (nSPS) is 22.3. The largest absolute Gasteiger partial charge is 0.283 e. The van der Waals surface area contributed by atoms with Crippen molar-refractivity contribution in [1.82, 2.24) is 0 Å². The van der Waals surface area contributed by atoms with E-state index < -0.39 is 25.1 Å². The van der Waals surface area contributed by atoms with E-state index in [0.29, 0.717) is 10.7 Å². The summed E-state index contributed by atoms with van der Waals surface area (Å²) >= 11 is 5.82. The van der Waals surface area contributed by atoms with Crippen LogP contribution in [0.2, 0.25) is 5.02 Å². The molecule has 106 valence electrons. The van der Waals surface area contributed by atoms with Gasteiger partial charge in [0.05, 0.1) is 22.4 Å². The number of anilines is 1. The number of sulfonamides is 1. The van der Waals surface area contributed by atoms with Crippen LogP contribution in [0.5, 0.6) is 0 Å². The predicted molar refractivity (Wildman–Crippen MR) is 75.8 cm³/mol. The number of nitrogens with one attached hydrogen (secondary N) is 1. The Balaban J connectivity index is 2.25. The summed E-state index contributed by atoms with van der Waals surface area (Å²) in [6, 6.07) is 4.87. The number of hydrogen-bond acceptors (Lipinski definition) is 4. The molecule has 0 aliphatic carbocycles. The molecule has 0 aromatic heterocycles. The maximum atomic E-state index is 12.1. The Kier molecular flexibility index (Phi) is 3.81. The molecule has 1 aliphatic rings. The van der Waals surface area contributed by atoms with E-state index in [0.717, 1.165) is 5.56 Å². The smallest absolute Gasteiger partial charge is 0.236 e. The number of aryl methyl sites for hydroxylation is 1. The van der Waals surface area contributed by atoms with Crippen molar-refractivity contribution in [3.63, 3.8) is 0 Å². The van der Waals surface area contributed by atoms with Crippen molar-refractivity contribution in [1.29, 1.82) is 0 Å². The van der Waals surface area contributed by atoms with Gasteiger partial charge in [-0.3, -0.25) is 4.72 Å². The topological polar surface area (TPSA) is 80.3 Å². The Hall–Kier alpha value is -0.790. The molecule has 1 aliphatic heterocycles. The van der Waals surface area contributed by atoms with Crippen molar-refractivity contribution in [3.05, 3.63) is 28.8 Å². The predicted octanol–water partition coefficient (Wildman–Crippen LogP) is 1.58. The lowest BCUT2D eigenvalue weighted by Crippen LogP contribution is -2.29. The van der Waals surface area contributed by atoms with Gasteiger partial charge in [0.15, 0.2) is 9.84 Å². The molecule has 0 spiro atoms. The second kappa shape index (κ2) is 4.96. The zero-order chi connectivity index (χ0) is 14.3. The highest BCUT2D eigenvalue weighted by Crippen LogP contribution is 2.25. The van der Waals surface area contributed by atoms with Crippen LogP contribution in [0.3, 0.4) is 0 Å². The SMILES string of the molecule is Cc1ccc(Cl)cc1NS(=O)(=O)[C@H]1CCS(=O)(=O)C1. The van der Waals surface area contributed by atoms with Crippen LogP contribution in [0.15, 0.2) is 18.2 Å². The zero-order valence-electron chi connectivity index (χ0n) is 10.3. The van der Waals surface area contributed by atoms with E-state index in [2.05, 4.69) is 4.72 Å². The van der Waals surface area contributed by atoms with E-state index in [1.807, 2.05) is 0 Å². The fourth-order valence-corrected chi connectivity index (χ4v) is 6.27. The van der Waals surface area contributed by atoms with Gasteiger partial charge >= 0.3 is 0 Å². The van der Waals surface area contributed by atoms with Crippen molar-refractivity contribution in [2.75, 3.05) is 16.2 Å². The van der Waals surface area contributed by atoms with Gasteiger partial charge in [0, 0.05) is 5.02 Å². The Morgan fingerprint density at radius 2 is 2.05 bits per heavy atom. The van der Waals surface area contributed by atoms with E-state index >= 15 is 0 Å². The molecule has 5 nitrogen and oxygen atoms in total. The van der Waals surface area contributed by atoms with Crippen LogP contribution in [0.1, 0.15) is 12.0 Å². The van der Waals surface area contributed by atoms with Crippen LogP contribution in [0.4, 0.5) is 5.69 Å². The summed E-state index contributed by atoms with van der Waals surface area (Å²) in [5, 5.41) is -0.474. The van der Waals surface area contributed by atoms with Gasteiger partial charge in [-0.15, -0.1) is 0 Å². The zero-order valence-corrected chi connectivity index (χ0v) is 12.6. The van der Waals surface area contributed by atoms with Gasteiger partial charge in [0.1, 0.15) is 0 Å². The van der Waals surface area contributed by atoms with Gasteiger partial charge in [0.25, 0.3) is 0 Å². The third-order valence-electron chi connectivity index (χ3n) is 3.08. The molecule has 1 saturated heterocycles. The summed E-state index contributed by atoms with van der Waals surface area (Å²) in [4.78, 5) is 0. The average Bonchev–Trinajstić information content (AvgIpc) is 2.65. The number of benzene rings is 1. The first kappa shape index (κ1) is 14.6. The maximum Gasteiger partial charge on any atom is 0.236 e. The van der Waals surface area contributed by atoms with Crippen molar-refractivity contribution in [2.45, 2.75) is 18.6 Å². The van der Waals surface area contributed by atoms with Crippen LogP contribution in [-0.4, -0.2) is 33.6 Å². The minimum absolute atomic E-state index is 0.0763. The number of rotatable bonds is 3. The fourth-order valence-electron chi connectivity index (χ4n) is 1.95. The maximum absolute atomic E-state index is 12.1. The van der Waals surface area contributed by atoms with E-state index in [9.17, 15) is 16.8 Å². The summed E-state index contributed by atoms with van der Waals surface area (Å²) in [5.74, 6) is -0.394. The average molecular weight is 324 g/mol. The highest BCUT2D eigenvalue weighted by atomic mass is 35.5. The molecule has 1 N–H and O–H groups in total. The van der Waals surface area contributed by atoms with E-state index in [4.69, 9.17) is 11.6 Å². The van der Waals surface area contributed by atoms with E-state index in [1.54, 1.807) is 19.1 Å². The molecule has 0 bridgehead atoms. The molecule has 8 heteroatoms. The first-order valence-corrected chi connectivity index (χ1v) is 9.42. The third-order valence-corrected chi connectivity index (χ3v) is 7.08. The number of halogens is 1. The van der Waals surface area contributed by atoms with Crippen molar-refractivity contribution in [2.24, 2.45) is 0 Å². The van der Waals surface area contributed by atoms with Gasteiger partial charge in [-0.25, -0.2) is 16.8 Å². The Morgan fingerprint density at radius 1 is 1.37 bits per heavy atom. The van der Waals surface area contributed by atoms with Crippen LogP contribution in [-0.2, 0) is 19.9 Å². The van der Waals surface area contributed by atoms with Gasteiger partial charge < -0.3 is 0 Å². The Labute approximate surface area is 117 Å². The lowest BCUT2D eigenvalue weighted by molar-refractivity contribution is 0.587. The van der Waals surface area contributed by atoms with Crippen molar-refractivity contribution in [3.8, 4) is 0 Å². The molecule has 1 fully saturated rings. The molecule has 0 radical (unpaired) electrons. The van der Waals surface area contributed by atoms with Crippen LogP contribution in [0.25, 0.3) is 0 Å². The monoisotopic (exact) mass is 323 g/mol. The standard InChI is InChI=1S/C11H14ClNO4S2/c1-8-2-3-9(12)6-11(8)13-19(16,17)10-4-5-18(14,15)7-10/h2-3,6,10,13H,4-5,7H2,1H3/t10-/m0/s1. The van der Waals surface area contributed by atoms with Gasteiger partial charge in [-0.05, 0) is 31.0 Å². The molecule has 0 unspecified atom stereocenters. The van der Waals surface area contributed by atoms with Gasteiger partial charge in [-0.1, -0.05) is 17.7 Å².